The first-order chi connectivity index (χ1) is 6.91. The summed E-state index contributed by atoms with van der Waals surface area (Å²) in [5.74, 6) is -1.09. The standard InChI is InChI=1S/C11H21NO3/c1-5-6-7-9(13)12(4)10(8(2)3)11(14)15/h8,10H,5-7H2,1-4H3,(H,14,15). The normalized spacial score (nSPS) is 12.6. The van der Waals surface area contributed by atoms with Crippen LogP contribution in [0.15, 0.2) is 0 Å². The van der Waals surface area contributed by atoms with Crippen molar-refractivity contribution in [1.29, 1.82) is 0 Å². The highest BCUT2D eigenvalue weighted by atomic mass is 16.4. The van der Waals surface area contributed by atoms with E-state index >= 15 is 0 Å². The Morgan fingerprint density at radius 3 is 2.20 bits per heavy atom. The first kappa shape index (κ1) is 13.9. The lowest BCUT2D eigenvalue weighted by atomic mass is 10.0. The van der Waals surface area contributed by atoms with Crippen molar-refractivity contribution in [3.8, 4) is 0 Å². The minimum Gasteiger partial charge on any atom is -0.480 e. The van der Waals surface area contributed by atoms with Crippen LogP contribution in [0.2, 0.25) is 0 Å². The third kappa shape index (κ3) is 4.32. The largest absolute Gasteiger partial charge is 0.480 e. The van der Waals surface area contributed by atoms with Gasteiger partial charge >= 0.3 is 5.97 Å². The van der Waals surface area contributed by atoms with Crippen molar-refractivity contribution in [2.75, 3.05) is 7.05 Å². The Labute approximate surface area is 91.3 Å². The fraction of sp³-hybridized carbons (Fsp3) is 0.818. The van der Waals surface area contributed by atoms with E-state index in [0.29, 0.717) is 6.42 Å². The van der Waals surface area contributed by atoms with Gasteiger partial charge in [0.25, 0.3) is 0 Å². The van der Waals surface area contributed by atoms with Crippen LogP contribution < -0.4 is 0 Å². The molecule has 0 spiro atoms. The minimum absolute atomic E-state index is 0.0712. The summed E-state index contributed by atoms with van der Waals surface area (Å²) in [4.78, 5) is 23.9. The van der Waals surface area contributed by atoms with Crippen LogP contribution in [0.1, 0.15) is 40.0 Å². The molecular formula is C11H21NO3. The summed E-state index contributed by atoms with van der Waals surface area (Å²) in [5, 5.41) is 8.99. The molecule has 1 N–H and O–H groups in total. The van der Waals surface area contributed by atoms with Crippen molar-refractivity contribution >= 4 is 11.9 Å². The molecule has 0 fully saturated rings. The maximum absolute atomic E-state index is 11.6. The van der Waals surface area contributed by atoms with Crippen molar-refractivity contribution < 1.29 is 14.7 Å². The average molecular weight is 215 g/mol. The first-order valence-corrected chi connectivity index (χ1v) is 5.40. The van der Waals surface area contributed by atoms with Crippen molar-refractivity contribution in [2.45, 2.75) is 46.1 Å². The third-order valence-electron chi connectivity index (χ3n) is 2.44. The Morgan fingerprint density at radius 2 is 1.87 bits per heavy atom. The second-order valence-corrected chi connectivity index (χ2v) is 4.14. The van der Waals surface area contributed by atoms with Gasteiger partial charge in [-0.2, -0.15) is 0 Å². The molecule has 88 valence electrons. The summed E-state index contributed by atoms with van der Waals surface area (Å²) in [6.07, 6.45) is 2.19. The molecule has 0 aromatic rings. The lowest BCUT2D eigenvalue weighted by molar-refractivity contribution is -0.151. The van der Waals surface area contributed by atoms with Crippen LogP contribution in [0, 0.1) is 5.92 Å². The van der Waals surface area contributed by atoms with E-state index in [0.717, 1.165) is 12.8 Å². The van der Waals surface area contributed by atoms with Crippen molar-refractivity contribution in [1.82, 2.24) is 4.90 Å². The number of amides is 1. The molecule has 0 heterocycles. The Hall–Kier alpha value is -1.06. The fourth-order valence-electron chi connectivity index (χ4n) is 1.56. The SMILES string of the molecule is CCCCC(=O)N(C)C(C(=O)O)C(C)C. The molecule has 0 saturated heterocycles. The maximum Gasteiger partial charge on any atom is 0.326 e. The maximum atomic E-state index is 11.6. The molecule has 0 aromatic heterocycles. The Bertz CT molecular complexity index is 226. The molecule has 15 heavy (non-hydrogen) atoms. The molecule has 0 saturated carbocycles. The zero-order valence-corrected chi connectivity index (χ0v) is 9.99. The molecule has 1 unspecified atom stereocenters. The molecular weight excluding hydrogens is 194 g/mol. The second kappa shape index (κ2) is 6.43. The monoisotopic (exact) mass is 215 g/mol. The molecule has 0 bridgehead atoms. The number of carbonyl (C=O) groups is 2. The van der Waals surface area contributed by atoms with Gasteiger partial charge < -0.3 is 10.0 Å². The molecule has 0 aromatic carbocycles. The van der Waals surface area contributed by atoms with Crippen LogP contribution in [0.5, 0.6) is 0 Å². The van der Waals surface area contributed by atoms with Crippen LogP contribution in [-0.2, 0) is 9.59 Å². The minimum atomic E-state index is -0.933. The predicted molar refractivity (Wildman–Crippen MR) is 58.6 cm³/mol. The van der Waals surface area contributed by atoms with E-state index in [2.05, 4.69) is 0 Å². The number of hydrogen-bond acceptors (Lipinski definition) is 2. The lowest BCUT2D eigenvalue weighted by Crippen LogP contribution is -2.45. The number of likely N-dealkylation sites (N-methyl/N-ethyl adjacent to an activating group) is 1. The smallest absolute Gasteiger partial charge is 0.326 e. The summed E-state index contributed by atoms with van der Waals surface area (Å²) in [6.45, 7) is 5.62. The molecule has 1 amide bonds. The highest BCUT2D eigenvalue weighted by Gasteiger charge is 2.28. The number of aliphatic carboxylic acids is 1. The van der Waals surface area contributed by atoms with Crippen LogP contribution in [0.25, 0.3) is 0 Å². The number of nitrogens with zero attached hydrogens (tertiary/aromatic N) is 1. The second-order valence-electron chi connectivity index (χ2n) is 4.14. The van der Waals surface area contributed by atoms with E-state index in [9.17, 15) is 9.59 Å². The molecule has 1 atom stereocenters. The quantitative estimate of drug-likeness (QED) is 0.734. The van der Waals surface area contributed by atoms with E-state index in [-0.39, 0.29) is 11.8 Å². The molecule has 4 heteroatoms. The summed E-state index contributed by atoms with van der Waals surface area (Å²) >= 11 is 0. The van der Waals surface area contributed by atoms with Crippen molar-refractivity contribution in [3.63, 3.8) is 0 Å². The van der Waals surface area contributed by atoms with E-state index in [1.54, 1.807) is 7.05 Å². The average Bonchev–Trinajstić information content (AvgIpc) is 2.12. The number of hydrogen-bond donors (Lipinski definition) is 1. The molecule has 0 rings (SSSR count). The van der Waals surface area contributed by atoms with Gasteiger partial charge in [0.05, 0.1) is 0 Å². The molecule has 4 nitrogen and oxygen atoms in total. The summed E-state index contributed by atoms with van der Waals surface area (Å²) in [6, 6.07) is -0.714. The van der Waals surface area contributed by atoms with Gasteiger partial charge in [-0.1, -0.05) is 27.2 Å². The van der Waals surface area contributed by atoms with Gasteiger partial charge in [-0.15, -0.1) is 0 Å². The van der Waals surface area contributed by atoms with Crippen LogP contribution in [-0.4, -0.2) is 35.0 Å². The van der Waals surface area contributed by atoms with Gasteiger partial charge in [-0.3, -0.25) is 4.79 Å². The number of carbonyl (C=O) groups excluding carboxylic acids is 1. The molecule has 0 aliphatic rings. The van der Waals surface area contributed by atoms with Gasteiger partial charge in [-0.25, -0.2) is 4.79 Å². The van der Waals surface area contributed by atoms with Gasteiger partial charge in [0.2, 0.25) is 5.91 Å². The molecule has 0 aliphatic heterocycles. The van der Waals surface area contributed by atoms with Crippen molar-refractivity contribution in [2.24, 2.45) is 5.92 Å². The highest BCUT2D eigenvalue weighted by Crippen LogP contribution is 2.11. The molecule has 0 aliphatic carbocycles. The highest BCUT2D eigenvalue weighted by molar-refractivity contribution is 5.83. The summed E-state index contributed by atoms with van der Waals surface area (Å²) < 4.78 is 0. The van der Waals surface area contributed by atoms with E-state index < -0.39 is 12.0 Å². The summed E-state index contributed by atoms with van der Waals surface area (Å²) in [5.41, 5.74) is 0. The van der Waals surface area contributed by atoms with Gasteiger partial charge in [0.15, 0.2) is 0 Å². The van der Waals surface area contributed by atoms with Crippen LogP contribution in [0.3, 0.4) is 0 Å². The van der Waals surface area contributed by atoms with Gasteiger partial charge in [0, 0.05) is 13.5 Å². The van der Waals surface area contributed by atoms with E-state index in [1.807, 2.05) is 20.8 Å². The first-order valence-electron chi connectivity index (χ1n) is 5.40. The van der Waals surface area contributed by atoms with Gasteiger partial charge in [-0.05, 0) is 12.3 Å². The molecule has 0 radical (unpaired) electrons. The number of carboxylic acid groups (broad SMARTS) is 1. The third-order valence-corrected chi connectivity index (χ3v) is 2.44. The Balaban J connectivity index is 4.43. The Kier molecular flexibility index (Phi) is 5.97. The van der Waals surface area contributed by atoms with Gasteiger partial charge in [0.1, 0.15) is 6.04 Å². The van der Waals surface area contributed by atoms with Crippen LogP contribution in [0.4, 0.5) is 0 Å². The number of rotatable bonds is 6. The van der Waals surface area contributed by atoms with E-state index in [1.165, 1.54) is 4.90 Å². The Morgan fingerprint density at radius 1 is 1.33 bits per heavy atom. The number of carboxylic acids is 1. The topological polar surface area (TPSA) is 57.6 Å². The van der Waals surface area contributed by atoms with E-state index in [4.69, 9.17) is 5.11 Å². The van der Waals surface area contributed by atoms with Crippen molar-refractivity contribution in [3.05, 3.63) is 0 Å². The van der Waals surface area contributed by atoms with Crippen LogP contribution >= 0.6 is 0 Å². The predicted octanol–water partition coefficient (Wildman–Crippen LogP) is 1.74. The zero-order valence-electron chi connectivity index (χ0n) is 9.99. The fourth-order valence-corrected chi connectivity index (χ4v) is 1.56. The lowest BCUT2D eigenvalue weighted by Gasteiger charge is -2.27. The summed E-state index contributed by atoms with van der Waals surface area (Å²) in [7, 11) is 1.57. The zero-order chi connectivity index (χ0) is 12.0. The number of unbranched alkanes of at least 4 members (excludes halogenated alkanes) is 1.